The highest BCUT2D eigenvalue weighted by Crippen LogP contribution is 2.34. The predicted molar refractivity (Wildman–Crippen MR) is 111 cm³/mol. The van der Waals surface area contributed by atoms with Crippen molar-refractivity contribution in [3.8, 4) is 0 Å². The lowest BCUT2D eigenvalue weighted by Gasteiger charge is -2.30. The van der Waals surface area contributed by atoms with Gasteiger partial charge in [0.15, 0.2) is 11.6 Å². The lowest BCUT2D eigenvalue weighted by molar-refractivity contribution is -0.140. The van der Waals surface area contributed by atoms with Crippen molar-refractivity contribution >= 4 is 11.8 Å². The minimum absolute atomic E-state index is 0.130. The van der Waals surface area contributed by atoms with E-state index in [2.05, 4.69) is 23.1 Å². The van der Waals surface area contributed by atoms with E-state index < -0.39 is 11.6 Å². The molecule has 2 amide bonds. The summed E-state index contributed by atoms with van der Waals surface area (Å²) in [5, 5.41) is 0. The number of imide groups is 1. The van der Waals surface area contributed by atoms with E-state index in [1.807, 2.05) is 11.0 Å². The number of likely N-dealkylation sites (tertiary alicyclic amines) is 2. The summed E-state index contributed by atoms with van der Waals surface area (Å²) in [5.41, 5.74) is 2.93. The van der Waals surface area contributed by atoms with Gasteiger partial charge in [0.2, 0.25) is 11.8 Å². The van der Waals surface area contributed by atoms with E-state index in [0.29, 0.717) is 26.2 Å². The monoisotopic (exact) mass is 425 g/mol. The third-order valence-corrected chi connectivity index (χ3v) is 6.84. The minimum atomic E-state index is -0.879. The maximum atomic E-state index is 14.0. The summed E-state index contributed by atoms with van der Waals surface area (Å²) in [6, 6.07) is 12.5. The van der Waals surface area contributed by atoms with E-state index in [-0.39, 0.29) is 35.8 Å². The second-order valence-electron chi connectivity index (χ2n) is 8.74. The van der Waals surface area contributed by atoms with Gasteiger partial charge in [0.25, 0.3) is 0 Å². The summed E-state index contributed by atoms with van der Waals surface area (Å²) >= 11 is 0. The first-order chi connectivity index (χ1) is 15.0. The van der Waals surface area contributed by atoms with Crippen molar-refractivity contribution in [1.82, 2.24) is 14.7 Å². The Bertz CT molecular complexity index is 1000. The molecular weight excluding hydrogens is 400 g/mol. The van der Waals surface area contributed by atoms with Crippen LogP contribution in [0.5, 0.6) is 0 Å². The Labute approximate surface area is 180 Å². The number of carbonyl (C=O) groups is 2. The highest BCUT2D eigenvalue weighted by Gasteiger charge is 2.52. The van der Waals surface area contributed by atoms with Crippen molar-refractivity contribution in [2.75, 3.05) is 32.7 Å². The van der Waals surface area contributed by atoms with E-state index in [1.165, 1.54) is 22.1 Å². The quantitative estimate of drug-likeness (QED) is 0.691. The second kappa shape index (κ2) is 8.13. The lowest BCUT2D eigenvalue weighted by atomic mass is 10.00. The molecule has 0 bridgehead atoms. The molecule has 3 aliphatic heterocycles. The summed E-state index contributed by atoms with van der Waals surface area (Å²) in [4.78, 5) is 31.4. The highest BCUT2D eigenvalue weighted by molar-refractivity contribution is 6.05. The van der Waals surface area contributed by atoms with Gasteiger partial charge in [0.05, 0.1) is 11.8 Å². The third-order valence-electron chi connectivity index (χ3n) is 6.84. The fourth-order valence-corrected chi connectivity index (χ4v) is 5.14. The van der Waals surface area contributed by atoms with E-state index in [1.54, 1.807) is 6.07 Å². The number of benzene rings is 2. The van der Waals surface area contributed by atoms with Gasteiger partial charge >= 0.3 is 0 Å². The molecule has 2 saturated heterocycles. The Kier molecular flexibility index (Phi) is 5.32. The Morgan fingerprint density at radius 2 is 1.55 bits per heavy atom. The molecule has 0 saturated carbocycles. The SMILES string of the molecule is O=C1[C@H]2CN(Cc3cccc(F)c3F)C[C@H]2C(=O)N1CCN1CCc2ccccc2C1. The molecule has 0 radical (unpaired) electrons. The number of hydrogen-bond acceptors (Lipinski definition) is 4. The maximum Gasteiger partial charge on any atom is 0.234 e. The molecule has 3 aliphatic rings. The van der Waals surface area contributed by atoms with Crippen LogP contribution < -0.4 is 0 Å². The van der Waals surface area contributed by atoms with Crippen molar-refractivity contribution in [3.05, 3.63) is 70.8 Å². The van der Waals surface area contributed by atoms with E-state index in [0.717, 1.165) is 25.6 Å². The summed E-state index contributed by atoms with van der Waals surface area (Å²) < 4.78 is 27.4. The zero-order valence-corrected chi connectivity index (χ0v) is 17.3. The van der Waals surface area contributed by atoms with Crippen LogP contribution >= 0.6 is 0 Å². The Morgan fingerprint density at radius 3 is 2.29 bits per heavy atom. The number of rotatable bonds is 5. The Morgan fingerprint density at radius 1 is 0.839 bits per heavy atom. The van der Waals surface area contributed by atoms with Crippen LogP contribution in [0, 0.1) is 23.5 Å². The number of halogens is 2. The smallest absolute Gasteiger partial charge is 0.234 e. The Hall–Kier alpha value is -2.64. The molecule has 0 aliphatic carbocycles. The minimum Gasteiger partial charge on any atom is -0.297 e. The molecule has 2 aromatic carbocycles. The fourth-order valence-electron chi connectivity index (χ4n) is 5.14. The summed E-state index contributed by atoms with van der Waals surface area (Å²) in [6.45, 7) is 3.84. The largest absolute Gasteiger partial charge is 0.297 e. The zero-order chi connectivity index (χ0) is 21.5. The molecule has 0 unspecified atom stereocenters. The molecule has 2 atom stereocenters. The van der Waals surface area contributed by atoms with Gasteiger partial charge in [-0.3, -0.25) is 24.3 Å². The molecule has 0 aromatic heterocycles. The molecular formula is C24H25F2N3O2. The van der Waals surface area contributed by atoms with Crippen molar-refractivity contribution < 1.29 is 18.4 Å². The zero-order valence-electron chi connectivity index (χ0n) is 17.3. The van der Waals surface area contributed by atoms with Gasteiger partial charge in [0.1, 0.15) is 0 Å². The summed E-state index contributed by atoms with van der Waals surface area (Å²) in [6.07, 6.45) is 0.981. The molecule has 162 valence electrons. The van der Waals surface area contributed by atoms with Crippen LogP contribution in [0.25, 0.3) is 0 Å². The van der Waals surface area contributed by atoms with Crippen LogP contribution in [0.4, 0.5) is 8.78 Å². The van der Waals surface area contributed by atoms with Gasteiger partial charge in [0, 0.05) is 51.4 Å². The van der Waals surface area contributed by atoms with Crippen molar-refractivity contribution in [2.45, 2.75) is 19.5 Å². The van der Waals surface area contributed by atoms with Crippen LogP contribution in [0.3, 0.4) is 0 Å². The van der Waals surface area contributed by atoms with Crippen molar-refractivity contribution in [1.29, 1.82) is 0 Å². The van der Waals surface area contributed by atoms with E-state index in [9.17, 15) is 18.4 Å². The van der Waals surface area contributed by atoms with Crippen LogP contribution in [0.15, 0.2) is 42.5 Å². The number of carbonyl (C=O) groups excluding carboxylic acids is 2. The average Bonchev–Trinajstić information content (AvgIpc) is 3.28. The number of amides is 2. The molecule has 31 heavy (non-hydrogen) atoms. The number of fused-ring (bicyclic) bond motifs is 2. The molecule has 7 heteroatoms. The standard InChI is InChI=1S/C24H25F2N3O2/c25-21-7-3-6-18(22(21)26)13-28-14-19-20(15-28)24(31)29(23(19)30)11-10-27-9-8-16-4-1-2-5-17(16)12-27/h1-7,19-20H,8-15H2/t19-,20+. The lowest BCUT2D eigenvalue weighted by Crippen LogP contribution is -2.42. The molecule has 2 fully saturated rings. The Balaban J connectivity index is 1.18. The maximum absolute atomic E-state index is 14.0. The van der Waals surface area contributed by atoms with Crippen LogP contribution in [0.1, 0.15) is 16.7 Å². The predicted octanol–water partition coefficient (Wildman–Crippen LogP) is 2.44. The summed E-state index contributed by atoms with van der Waals surface area (Å²) in [5.74, 6) is -2.76. The van der Waals surface area contributed by atoms with Crippen LogP contribution in [0.2, 0.25) is 0 Å². The summed E-state index contributed by atoms with van der Waals surface area (Å²) in [7, 11) is 0. The highest BCUT2D eigenvalue weighted by atomic mass is 19.2. The number of nitrogens with zero attached hydrogens (tertiary/aromatic N) is 3. The molecule has 5 nitrogen and oxygen atoms in total. The third kappa shape index (κ3) is 3.77. The topological polar surface area (TPSA) is 43.9 Å². The van der Waals surface area contributed by atoms with Crippen molar-refractivity contribution in [3.63, 3.8) is 0 Å². The molecule has 0 N–H and O–H groups in total. The van der Waals surface area contributed by atoms with E-state index >= 15 is 0 Å². The van der Waals surface area contributed by atoms with Gasteiger partial charge in [-0.1, -0.05) is 36.4 Å². The first kappa shape index (κ1) is 20.3. The average molecular weight is 425 g/mol. The number of hydrogen-bond donors (Lipinski definition) is 0. The van der Waals surface area contributed by atoms with Gasteiger partial charge < -0.3 is 0 Å². The van der Waals surface area contributed by atoms with Gasteiger partial charge in [-0.05, 0) is 23.6 Å². The second-order valence-corrected chi connectivity index (χ2v) is 8.74. The van der Waals surface area contributed by atoms with Crippen LogP contribution in [-0.4, -0.2) is 59.2 Å². The fraction of sp³-hybridized carbons (Fsp3) is 0.417. The first-order valence-corrected chi connectivity index (χ1v) is 10.8. The molecule has 2 aromatic rings. The van der Waals surface area contributed by atoms with Gasteiger partial charge in [-0.2, -0.15) is 0 Å². The van der Waals surface area contributed by atoms with Gasteiger partial charge in [-0.15, -0.1) is 0 Å². The van der Waals surface area contributed by atoms with Crippen LogP contribution in [-0.2, 0) is 29.1 Å². The first-order valence-electron chi connectivity index (χ1n) is 10.8. The molecule has 3 heterocycles. The van der Waals surface area contributed by atoms with Crippen molar-refractivity contribution in [2.24, 2.45) is 11.8 Å². The molecule has 0 spiro atoms. The van der Waals surface area contributed by atoms with Gasteiger partial charge in [-0.25, -0.2) is 8.78 Å². The normalized spacial score (nSPS) is 24.0. The van der Waals surface area contributed by atoms with E-state index in [4.69, 9.17) is 0 Å². The molecule has 5 rings (SSSR count).